The van der Waals surface area contributed by atoms with Gasteiger partial charge in [0.15, 0.2) is 11.5 Å². The van der Waals surface area contributed by atoms with Crippen LogP contribution in [0.2, 0.25) is 0 Å². The van der Waals surface area contributed by atoms with Crippen molar-refractivity contribution in [2.75, 3.05) is 18.5 Å². The van der Waals surface area contributed by atoms with Crippen molar-refractivity contribution >= 4 is 11.6 Å². The van der Waals surface area contributed by atoms with Crippen molar-refractivity contribution in [3.8, 4) is 22.8 Å². The summed E-state index contributed by atoms with van der Waals surface area (Å²) in [6.45, 7) is 0.757. The molecule has 3 aromatic rings. The van der Waals surface area contributed by atoms with E-state index in [1.807, 2.05) is 6.07 Å². The van der Waals surface area contributed by atoms with Crippen LogP contribution in [0.25, 0.3) is 11.3 Å². The summed E-state index contributed by atoms with van der Waals surface area (Å²) >= 11 is 0. The van der Waals surface area contributed by atoms with Gasteiger partial charge in [0.05, 0.1) is 5.69 Å². The van der Waals surface area contributed by atoms with E-state index in [4.69, 9.17) is 9.47 Å². The molecule has 0 fully saturated rings. The van der Waals surface area contributed by atoms with Crippen molar-refractivity contribution in [3.05, 3.63) is 65.2 Å². The van der Waals surface area contributed by atoms with Crippen LogP contribution in [0, 0.1) is 0 Å². The highest BCUT2D eigenvalue weighted by atomic mass is 16.6. The van der Waals surface area contributed by atoms with Gasteiger partial charge < -0.3 is 14.8 Å². The number of pyridine rings is 1. The lowest BCUT2D eigenvalue weighted by atomic mass is 10.2. The lowest BCUT2D eigenvalue weighted by molar-refractivity contribution is -0.117. The molecular formula is C19H16N4O4. The van der Waals surface area contributed by atoms with Crippen LogP contribution in [0.3, 0.4) is 0 Å². The minimum Gasteiger partial charge on any atom is -0.486 e. The van der Waals surface area contributed by atoms with Crippen LogP contribution in [0.1, 0.15) is 0 Å². The van der Waals surface area contributed by atoms with Gasteiger partial charge in [-0.2, -0.15) is 5.10 Å². The molecule has 0 aliphatic carbocycles. The highest BCUT2D eigenvalue weighted by molar-refractivity contribution is 5.90. The third-order valence-electron chi connectivity index (χ3n) is 3.94. The topological polar surface area (TPSA) is 95.3 Å². The van der Waals surface area contributed by atoms with Crippen molar-refractivity contribution in [1.82, 2.24) is 14.8 Å². The van der Waals surface area contributed by atoms with Crippen molar-refractivity contribution in [2.24, 2.45) is 0 Å². The zero-order chi connectivity index (χ0) is 18.6. The van der Waals surface area contributed by atoms with Gasteiger partial charge in [-0.05, 0) is 30.3 Å². The molecule has 1 aliphatic rings. The van der Waals surface area contributed by atoms with Crippen LogP contribution in [-0.4, -0.2) is 33.9 Å². The lowest BCUT2D eigenvalue weighted by Crippen LogP contribution is -2.29. The number of carbonyl (C=O) groups is 1. The molecule has 0 spiro atoms. The summed E-state index contributed by atoms with van der Waals surface area (Å²) < 4.78 is 12.1. The summed E-state index contributed by atoms with van der Waals surface area (Å²) in [6, 6.07) is 11.7. The normalized spacial score (nSPS) is 12.4. The molecular weight excluding hydrogens is 348 g/mol. The first kappa shape index (κ1) is 16.8. The van der Waals surface area contributed by atoms with E-state index in [9.17, 15) is 9.59 Å². The number of benzene rings is 1. The lowest BCUT2D eigenvalue weighted by Gasteiger charge is -2.19. The Morgan fingerprint density at radius 3 is 2.78 bits per heavy atom. The molecule has 8 heteroatoms. The van der Waals surface area contributed by atoms with E-state index in [0.29, 0.717) is 36.1 Å². The summed E-state index contributed by atoms with van der Waals surface area (Å²) in [5.41, 5.74) is 1.52. The molecule has 8 nitrogen and oxygen atoms in total. The Kier molecular flexibility index (Phi) is 4.52. The maximum absolute atomic E-state index is 12.4. The third kappa shape index (κ3) is 3.79. The molecule has 0 radical (unpaired) electrons. The van der Waals surface area contributed by atoms with Crippen molar-refractivity contribution < 1.29 is 14.3 Å². The Bertz CT molecular complexity index is 1030. The monoisotopic (exact) mass is 364 g/mol. The number of nitrogens with one attached hydrogen (secondary N) is 1. The molecule has 0 saturated carbocycles. The summed E-state index contributed by atoms with van der Waals surface area (Å²) in [5, 5.41) is 6.99. The summed E-state index contributed by atoms with van der Waals surface area (Å²) in [6.07, 6.45) is 3.30. The largest absolute Gasteiger partial charge is 0.486 e. The van der Waals surface area contributed by atoms with Crippen LogP contribution in [-0.2, 0) is 11.3 Å². The van der Waals surface area contributed by atoms with Crippen LogP contribution in [0.15, 0.2) is 59.7 Å². The van der Waals surface area contributed by atoms with E-state index in [1.165, 1.54) is 6.07 Å². The Morgan fingerprint density at radius 1 is 1.11 bits per heavy atom. The first-order chi connectivity index (χ1) is 13.2. The molecule has 0 atom stereocenters. The highest BCUT2D eigenvalue weighted by Crippen LogP contribution is 2.32. The van der Waals surface area contributed by atoms with Crippen molar-refractivity contribution in [3.63, 3.8) is 0 Å². The maximum Gasteiger partial charge on any atom is 0.267 e. The predicted octanol–water partition coefficient (Wildman–Crippen LogP) is 1.72. The van der Waals surface area contributed by atoms with Crippen LogP contribution in [0.5, 0.6) is 11.5 Å². The van der Waals surface area contributed by atoms with Gasteiger partial charge in [-0.3, -0.25) is 14.6 Å². The Morgan fingerprint density at radius 2 is 1.96 bits per heavy atom. The molecule has 1 aromatic carbocycles. The number of rotatable bonds is 4. The summed E-state index contributed by atoms with van der Waals surface area (Å²) in [4.78, 5) is 28.4. The summed E-state index contributed by atoms with van der Waals surface area (Å²) in [7, 11) is 0. The standard InChI is InChI=1S/C19H16N4O4/c24-18(21-14-3-5-16-17(10-14)27-9-8-26-16)12-23-19(25)6-4-15(22-23)13-2-1-7-20-11-13/h1-7,10-11H,8-9,12H2,(H,21,24). The molecule has 0 saturated heterocycles. The average Bonchev–Trinajstić information content (AvgIpc) is 2.70. The second-order valence-electron chi connectivity index (χ2n) is 5.86. The molecule has 3 heterocycles. The number of anilines is 1. The predicted molar refractivity (Wildman–Crippen MR) is 97.8 cm³/mol. The first-order valence-corrected chi connectivity index (χ1v) is 8.37. The Hall–Kier alpha value is -3.68. The zero-order valence-corrected chi connectivity index (χ0v) is 14.3. The molecule has 4 rings (SSSR count). The van der Waals surface area contributed by atoms with E-state index in [2.05, 4.69) is 15.4 Å². The number of ether oxygens (including phenoxy) is 2. The number of hydrogen-bond acceptors (Lipinski definition) is 6. The van der Waals surface area contributed by atoms with E-state index >= 15 is 0 Å². The number of aromatic nitrogens is 3. The Balaban J connectivity index is 1.50. The molecule has 27 heavy (non-hydrogen) atoms. The zero-order valence-electron chi connectivity index (χ0n) is 14.3. The average molecular weight is 364 g/mol. The molecule has 0 unspecified atom stereocenters. The van der Waals surface area contributed by atoms with Crippen molar-refractivity contribution in [2.45, 2.75) is 6.54 Å². The summed E-state index contributed by atoms with van der Waals surface area (Å²) in [5.74, 6) is 0.846. The second kappa shape index (κ2) is 7.28. The number of carbonyl (C=O) groups excluding carboxylic acids is 1. The van der Waals surface area contributed by atoms with Gasteiger partial charge in [0.1, 0.15) is 19.8 Å². The van der Waals surface area contributed by atoms with Crippen molar-refractivity contribution in [1.29, 1.82) is 0 Å². The fraction of sp³-hybridized carbons (Fsp3) is 0.158. The van der Waals surface area contributed by atoms with Crippen LogP contribution >= 0.6 is 0 Å². The number of nitrogens with zero attached hydrogens (tertiary/aromatic N) is 3. The van der Waals surface area contributed by atoms with Gasteiger partial charge in [-0.1, -0.05) is 0 Å². The van der Waals surface area contributed by atoms with E-state index in [-0.39, 0.29) is 18.0 Å². The minimum absolute atomic E-state index is 0.207. The van der Waals surface area contributed by atoms with E-state index in [1.54, 1.807) is 42.7 Å². The number of amides is 1. The molecule has 0 bridgehead atoms. The molecule has 1 aliphatic heterocycles. The molecule has 1 amide bonds. The molecule has 2 aromatic heterocycles. The van der Waals surface area contributed by atoms with E-state index in [0.717, 1.165) is 10.2 Å². The second-order valence-corrected chi connectivity index (χ2v) is 5.86. The molecule has 1 N–H and O–H groups in total. The van der Waals surface area contributed by atoms with Gasteiger partial charge in [0, 0.05) is 35.8 Å². The molecule has 136 valence electrons. The number of fused-ring (bicyclic) bond motifs is 1. The van der Waals surface area contributed by atoms with Gasteiger partial charge in [0.2, 0.25) is 5.91 Å². The minimum atomic E-state index is -0.371. The van der Waals surface area contributed by atoms with Crippen LogP contribution < -0.4 is 20.3 Å². The smallest absolute Gasteiger partial charge is 0.267 e. The van der Waals surface area contributed by atoms with Crippen LogP contribution in [0.4, 0.5) is 5.69 Å². The van der Waals surface area contributed by atoms with Gasteiger partial charge in [-0.25, -0.2) is 4.68 Å². The first-order valence-electron chi connectivity index (χ1n) is 8.37. The van der Waals surface area contributed by atoms with Gasteiger partial charge in [0.25, 0.3) is 5.56 Å². The van der Waals surface area contributed by atoms with E-state index < -0.39 is 0 Å². The Labute approximate surface area is 154 Å². The quantitative estimate of drug-likeness (QED) is 0.757. The third-order valence-corrected chi connectivity index (χ3v) is 3.94. The van der Waals surface area contributed by atoms with Gasteiger partial charge >= 0.3 is 0 Å². The number of hydrogen-bond donors (Lipinski definition) is 1. The fourth-order valence-electron chi connectivity index (χ4n) is 2.69. The van der Waals surface area contributed by atoms with Gasteiger partial charge in [-0.15, -0.1) is 0 Å². The maximum atomic E-state index is 12.4. The fourth-order valence-corrected chi connectivity index (χ4v) is 2.69. The SMILES string of the molecule is O=C(Cn1nc(-c2cccnc2)ccc1=O)Nc1ccc2c(c1)OCCO2. The highest BCUT2D eigenvalue weighted by Gasteiger charge is 2.13.